The van der Waals surface area contributed by atoms with Gasteiger partial charge in [0.25, 0.3) is 0 Å². The lowest BCUT2D eigenvalue weighted by molar-refractivity contribution is 0.272. The van der Waals surface area contributed by atoms with Gasteiger partial charge in [-0.05, 0) is 71.9 Å². The minimum absolute atomic E-state index is 0.601. The van der Waals surface area contributed by atoms with Gasteiger partial charge in [-0.2, -0.15) is 0 Å². The van der Waals surface area contributed by atoms with Crippen molar-refractivity contribution in [3.63, 3.8) is 0 Å². The van der Waals surface area contributed by atoms with E-state index >= 15 is 0 Å². The van der Waals surface area contributed by atoms with Crippen LogP contribution in [0.25, 0.3) is 0 Å². The number of hydrogen-bond donors (Lipinski definition) is 0. The largest absolute Gasteiger partial charge is 0.488 e. The van der Waals surface area contributed by atoms with Crippen molar-refractivity contribution in [1.82, 2.24) is 4.90 Å². The quantitative estimate of drug-likeness (QED) is 0.701. The lowest BCUT2D eigenvalue weighted by Crippen LogP contribution is -2.28. The van der Waals surface area contributed by atoms with Gasteiger partial charge < -0.3 is 9.64 Å². The smallest absolute Gasteiger partial charge is 0.134 e. The van der Waals surface area contributed by atoms with Crippen molar-refractivity contribution >= 4 is 15.9 Å². The highest BCUT2D eigenvalue weighted by atomic mass is 79.9. The second-order valence-electron chi connectivity index (χ2n) is 6.32. The molecule has 3 heteroatoms. The molecule has 0 amide bonds. The number of rotatable bonds is 6. The van der Waals surface area contributed by atoms with Crippen molar-refractivity contribution < 1.29 is 4.74 Å². The Balaban J connectivity index is 1.55. The van der Waals surface area contributed by atoms with Gasteiger partial charge >= 0.3 is 0 Å². The molecule has 0 radical (unpaired) electrons. The van der Waals surface area contributed by atoms with Crippen molar-refractivity contribution in [2.45, 2.75) is 38.8 Å². The molecule has 3 rings (SSSR count). The third-order valence-electron chi connectivity index (χ3n) is 4.61. The molecule has 2 aromatic carbocycles. The third-order valence-corrected chi connectivity index (χ3v) is 5.23. The first kappa shape index (κ1) is 16.5. The molecule has 0 N–H and O–H groups in total. The number of benzene rings is 2. The summed E-state index contributed by atoms with van der Waals surface area (Å²) in [5, 5.41) is 0. The van der Waals surface area contributed by atoms with Crippen molar-refractivity contribution in [2.75, 3.05) is 13.1 Å². The van der Waals surface area contributed by atoms with Gasteiger partial charge in [-0.15, -0.1) is 0 Å². The first-order valence-electron chi connectivity index (χ1n) is 8.41. The summed E-state index contributed by atoms with van der Waals surface area (Å²) < 4.78 is 6.96. The molecular weight excluding hydrogens is 350 g/mol. The Bertz CT molecular complexity index is 629. The lowest BCUT2D eigenvalue weighted by atomic mass is 10.1. The van der Waals surface area contributed by atoms with E-state index in [-0.39, 0.29) is 0 Å². The Kier molecular flexibility index (Phi) is 5.74. The summed E-state index contributed by atoms with van der Waals surface area (Å²) in [4.78, 5) is 2.59. The molecule has 1 aliphatic heterocycles. The zero-order chi connectivity index (χ0) is 16.1. The van der Waals surface area contributed by atoms with E-state index in [1.807, 2.05) is 18.2 Å². The van der Waals surface area contributed by atoms with Gasteiger partial charge in [-0.1, -0.05) is 36.4 Å². The van der Waals surface area contributed by atoms with Crippen LogP contribution >= 0.6 is 15.9 Å². The number of hydrogen-bond acceptors (Lipinski definition) is 2. The Morgan fingerprint density at radius 2 is 1.96 bits per heavy atom. The molecule has 1 saturated heterocycles. The van der Waals surface area contributed by atoms with E-state index in [9.17, 15) is 0 Å². The van der Waals surface area contributed by atoms with E-state index in [2.05, 4.69) is 58.1 Å². The molecule has 0 aliphatic carbocycles. The van der Waals surface area contributed by atoms with E-state index < -0.39 is 0 Å². The van der Waals surface area contributed by atoms with Crippen LogP contribution in [0.4, 0.5) is 0 Å². The summed E-state index contributed by atoms with van der Waals surface area (Å²) in [7, 11) is 0. The maximum atomic E-state index is 5.92. The van der Waals surface area contributed by atoms with Crippen LogP contribution in [-0.4, -0.2) is 24.0 Å². The zero-order valence-electron chi connectivity index (χ0n) is 13.7. The highest BCUT2D eigenvalue weighted by Crippen LogP contribution is 2.27. The lowest BCUT2D eigenvalue weighted by Gasteiger charge is -2.20. The summed E-state index contributed by atoms with van der Waals surface area (Å²) in [6, 6.07) is 17.5. The standard InChI is InChI=1S/C20H24BrNO/c1-16-6-5-12-22(16)13-11-17-9-10-20(19(21)14-17)23-15-18-7-3-2-4-8-18/h2-4,7-10,14,16H,5-6,11-13,15H2,1H3/t16-/m1/s1. The molecule has 0 unspecified atom stereocenters. The van der Waals surface area contributed by atoms with E-state index in [4.69, 9.17) is 4.74 Å². The maximum absolute atomic E-state index is 5.92. The fraction of sp³-hybridized carbons (Fsp3) is 0.400. The number of halogens is 1. The van der Waals surface area contributed by atoms with Crippen LogP contribution in [0.5, 0.6) is 5.75 Å². The summed E-state index contributed by atoms with van der Waals surface area (Å²) in [6.45, 7) is 5.34. The van der Waals surface area contributed by atoms with Crippen molar-refractivity contribution in [3.05, 3.63) is 64.1 Å². The van der Waals surface area contributed by atoms with Crippen LogP contribution in [-0.2, 0) is 13.0 Å². The average Bonchev–Trinajstić information content (AvgIpc) is 2.98. The van der Waals surface area contributed by atoms with Crippen LogP contribution in [0.2, 0.25) is 0 Å². The summed E-state index contributed by atoms with van der Waals surface area (Å²) in [5.74, 6) is 0.909. The zero-order valence-corrected chi connectivity index (χ0v) is 15.3. The second kappa shape index (κ2) is 7.98. The molecular formula is C20H24BrNO. The predicted molar refractivity (Wildman–Crippen MR) is 98.9 cm³/mol. The van der Waals surface area contributed by atoms with E-state index in [1.165, 1.54) is 30.5 Å². The maximum Gasteiger partial charge on any atom is 0.134 e. The number of likely N-dealkylation sites (tertiary alicyclic amines) is 1. The van der Waals surface area contributed by atoms with Gasteiger partial charge in [0.2, 0.25) is 0 Å². The monoisotopic (exact) mass is 373 g/mol. The van der Waals surface area contributed by atoms with Gasteiger partial charge in [-0.3, -0.25) is 0 Å². The first-order chi connectivity index (χ1) is 11.2. The minimum Gasteiger partial charge on any atom is -0.488 e. The topological polar surface area (TPSA) is 12.5 Å². The van der Waals surface area contributed by atoms with Gasteiger partial charge in [0.15, 0.2) is 0 Å². The fourth-order valence-electron chi connectivity index (χ4n) is 3.15. The SMILES string of the molecule is C[C@@H]1CCCN1CCc1ccc(OCc2ccccc2)c(Br)c1. The normalized spacial score (nSPS) is 18.3. The van der Waals surface area contributed by atoms with Gasteiger partial charge in [-0.25, -0.2) is 0 Å². The highest BCUT2D eigenvalue weighted by Gasteiger charge is 2.19. The third kappa shape index (κ3) is 4.58. The Morgan fingerprint density at radius 3 is 2.65 bits per heavy atom. The van der Waals surface area contributed by atoms with Crippen LogP contribution in [0.1, 0.15) is 30.9 Å². The molecule has 23 heavy (non-hydrogen) atoms. The summed E-state index contributed by atoms with van der Waals surface area (Å²) >= 11 is 3.65. The molecule has 1 atom stereocenters. The Hall–Kier alpha value is -1.32. The van der Waals surface area contributed by atoms with Crippen molar-refractivity contribution in [3.8, 4) is 5.75 Å². The van der Waals surface area contributed by atoms with Crippen LogP contribution in [0.15, 0.2) is 53.0 Å². The van der Waals surface area contributed by atoms with E-state index in [0.29, 0.717) is 6.61 Å². The first-order valence-corrected chi connectivity index (χ1v) is 9.21. The van der Waals surface area contributed by atoms with Crippen molar-refractivity contribution in [1.29, 1.82) is 0 Å². The summed E-state index contributed by atoms with van der Waals surface area (Å²) in [5.41, 5.74) is 2.55. The van der Waals surface area contributed by atoms with Gasteiger partial charge in [0.1, 0.15) is 12.4 Å². The number of ether oxygens (including phenoxy) is 1. The highest BCUT2D eigenvalue weighted by molar-refractivity contribution is 9.10. The molecule has 1 heterocycles. The van der Waals surface area contributed by atoms with Gasteiger partial charge in [0, 0.05) is 12.6 Å². The van der Waals surface area contributed by atoms with Crippen molar-refractivity contribution in [2.24, 2.45) is 0 Å². The van der Waals surface area contributed by atoms with Crippen LogP contribution < -0.4 is 4.74 Å². The predicted octanol–water partition coefficient (Wildman–Crippen LogP) is 5.05. The van der Waals surface area contributed by atoms with E-state index in [0.717, 1.165) is 29.2 Å². The fourth-order valence-corrected chi connectivity index (χ4v) is 3.69. The molecule has 1 aliphatic rings. The van der Waals surface area contributed by atoms with E-state index in [1.54, 1.807) is 0 Å². The minimum atomic E-state index is 0.601. The Labute approximate surface area is 147 Å². The van der Waals surface area contributed by atoms with Crippen LogP contribution in [0.3, 0.4) is 0 Å². The van der Waals surface area contributed by atoms with Gasteiger partial charge in [0.05, 0.1) is 4.47 Å². The molecule has 0 aromatic heterocycles. The Morgan fingerprint density at radius 1 is 1.13 bits per heavy atom. The molecule has 122 valence electrons. The molecule has 1 fully saturated rings. The molecule has 0 spiro atoms. The second-order valence-corrected chi connectivity index (χ2v) is 7.17. The molecule has 0 saturated carbocycles. The average molecular weight is 374 g/mol. The van der Waals surface area contributed by atoms with Crippen LogP contribution in [0, 0.1) is 0 Å². The summed E-state index contributed by atoms with van der Waals surface area (Å²) in [6.07, 6.45) is 3.79. The molecule has 2 nitrogen and oxygen atoms in total. The molecule has 2 aromatic rings. The molecule has 0 bridgehead atoms. The number of nitrogens with zero attached hydrogens (tertiary/aromatic N) is 1.